The van der Waals surface area contributed by atoms with E-state index in [4.69, 9.17) is 11.6 Å². The molecular formula is C23H19ClN4O2. The summed E-state index contributed by atoms with van der Waals surface area (Å²) in [5.41, 5.74) is 4.68. The van der Waals surface area contributed by atoms with Gasteiger partial charge in [0.05, 0.1) is 27.4 Å². The second kappa shape index (κ2) is 7.72. The van der Waals surface area contributed by atoms with Gasteiger partial charge in [0.25, 0.3) is 5.91 Å². The molecule has 6 nitrogen and oxygen atoms in total. The van der Waals surface area contributed by atoms with Gasteiger partial charge in [-0.2, -0.15) is 5.10 Å². The van der Waals surface area contributed by atoms with Gasteiger partial charge in [0.15, 0.2) is 11.4 Å². The smallest absolute Gasteiger partial charge is 0.258 e. The third-order valence-electron chi connectivity index (χ3n) is 4.88. The van der Waals surface area contributed by atoms with Gasteiger partial charge in [0, 0.05) is 17.4 Å². The van der Waals surface area contributed by atoms with Crippen molar-refractivity contribution in [3.05, 3.63) is 82.1 Å². The Morgan fingerprint density at radius 2 is 1.67 bits per heavy atom. The number of carbonyl (C=O) groups is 2. The van der Waals surface area contributed by atoms with Crippen molar-refractivity contribution in [2.75, 3.05) is 5.32 Å². The summed E-state index contributed by atoms with van der Waals surface area (Å²) in [6.45, 7) is 5.35. The number of rotatable bonds is 4. The Balaban J connectivity index is 1.69. The average Bonchev–Trinajstić information content (AvgIpc) is 3.06. The van der Waals surface area contributed by atoms with Crippen molar-refractivity contribution in [1.29, 1.82) is 0 Å². The van der Waals surface area contributed by atoms with Gasteiger partial charge in [-0.3, -0.25) is 9.59 Å². The number of benzene rings is 2. The van der Waals surface area contributed by atoms with Crippen molar-refractivity contribution < 1.29 is 9.59 Å². The summed E-state index contributed by atoms with van der Waals surface area (Å²) in [5, 5.41) is 8.30. The minimum atomic E-state index is -0.382. The fourth-order valence-electron chi connectivity index (χ4n) is 3.22. The van der Waals surface area contributed by atoms with Crippen LogP contribution in [0.25, 0.3) is 16.7 Å². The zero-order chi connectivity index (χ0) is 21.4. The Morgan fingerprint density at radius 1 is 1.00 bits per heavy atom. The lowest BCUT2D eigenvalue weighted by Crippen LogP contribution is -2.13. The number of fused-ring (bicyclic) bond motifs is 1. The van der Waals surface area contributed by atoms with Gasteiger partial charge >= 0.3 is 0 Å². The molecule has 0 radical (unpaired) electrons. The van der Waals surface area contributed by atoms with Crippen LogP contribution in [0.5, 0.6) is 0 Å². The van der Waals surface area contributed by atoms with Crippen molar-refractivity contribution in [1.82, 2.24) is 14.8 Å². The number of nitrogens with one attached hydrogen (secondary N) is 1. The molecule has 7 heteroatoms. The Labute approximate surface area is 178 Å². The molecule has 1 N–H and O–H groups in total. The molecule has 2 heterocycles. The number of carbonyl (C=O) groups excluding carboxylic acids is 2. The Hall–Kier alpha value is -3.51. The van der Waals surface area contributed by atoms with Crippen LogP contribution in [0.3, 0.4) is 0 Å². The van der Waals surface area contributed by atoms with Gasteiger partial charge in [-0.15, -0.1) is 0 Å². The first-order valence-corrected chi connectivity index (χ1v) is 9.76. The number of anilines is 1. The van der Waals surface area contributed by atoms with Crippen LogP contribution in [-0.4, -0.2) is 26.5 Å². The van der Waals surface area contributed by atoms with E-state index in [1.807, 2.05) is 38.1 Å². The highest BCUT2D eigenvalue weighted by molar-refractivity contribution is 6.39. The molecule has 0 unspecified atom stereocenters. The summed E-state index contributed by atoms with van der Waals surface area (Å²) in [6.07, 6.45) is 1.45. The van der Waals surface area contributed by atoms with Crippen LogP contribution in [0.1, 0.15) is 38.9 Å². The number of hydrogen-bond donors (Lipinski definition) is 1. The second-order valence-corrected chi connectivity index (χ2v) is 7.48. The molecule has 0 fully saturated rings. The molecule has 4 rings (SSSR count). The van der Waals surface area contributed by atoms with Crippen molar-refractivity contribution >= 4 is 40.0 Å². The third kappa shape index (κ3) is 3.57. The highest BCUT2D eigenvalue weighted by Gasteiger charge is 2.20. The molecule has 0 aliphatic rings. The predicted molar refractivity (Wildman–Crippen MR) is 118 cm³/mol. The van der Waals surface area contributed by atoms with Crippen LogP contribution < -0.4 is 5.32 Å². The average molecular weight is 419 g/mol. The van der Waals surface area contributed by atoms with E-state index < -0.39 is 0 Å². The highest BCUT2D eigenvalue weighted by Crippen LogP contribution is 2.30. The first-order chi connectivity index (χ1) is 14.3. The molecule has 0 bridgehead atoms. The van der Waals surface area contributed by atoms with Crippen LogP contribution in [0.4, 0.5) is 5.69 Å². The first-order valence-electron chi connectivity index (χ1n) is 9.38. The zero-order valence-corrected chi connectivity index (χ0v) is 17.5. The van der Waals surface area contributed by atoms with Crippen molar-refractivity contribution in [3.8, 4) is 5.69 Å². The van der Waals surface area contributed by atoms with Crippen molar-refractivity contribution in [2.24, 2.45) is 0 Å². The molecule has 150 valence electrons. The second-order valence-electron chi connectivity index (χ2n) is 7.10. The maximum atomic E-state index is 12.8. The van der Waals surface area contributed by atoms with Crippen molar-refractivity contribution in [3.63, 3.8) is 0 Å². The topological polar surface area (TPSA) is 76.9 Å². The van der Waals surface area contributed by atoms with Gasteiger partial charge in [0.2, 0.25) is 0 Å². The summed E-state index contributed by atoms with van der Waals surface area (Å²) in [7, 11) is 0. The molecule has 0 saturated heterocycles. The van der Waals surface area contributed by atoms with E-state index in [1.165, 1.54) is 13.1 Å². The fraction of sp³-hybridized carbons (Fsp3) is 0.130. The monoisotopic (exact) mass is 418 g/mol. The lowest BCUT2D eigenvalue weighted by atomic mass is 10.1. The largest absolute Gasteiger partial charge is 0.322 e. The minimum Gasteiger partial charge on any atom is -0.322 e. The minimum absolute atomic E-state index is 0.0355. The van der Waals surface area contributed by atoms with Crippen LogP contribution in [0.15, 0.2) is 54.7 Å². The van der Waals surface area contributed by atoms with Crippen LogP contribution in [0, 0.1) is 13.8 Å². The Kier molecular flexibility index (Phi) is 5.10. The van der Waals surface area contributed by atoms with Crippen LogP contribution in [-0.2, 0) is 0 Å². The van der Waals surface area contributed by atoms with Gasteiger partial charge in [-0.25, -0.2) is 9.67 Å². The predicted octanol–water partition coefficient (Wildman–Crippen LogP) is 5.15. The van der Waals surface area contributed by atoms with Gasteiger partial charge in [0.1, 0.15) is 0 Å². The maximum Gasteiger partial charge on any atom is 0.258 e. The van der Waals surface area contributed by atoms with E-state index in [9.17, 15) is 9.59 Å². The SMILES string of the molecule is CC(=O)c1ccc(NC(=O)c2cnc3c(c(C)nn3-c3ccc(C)cc3)c2Cl)cc1. The number of hydrogen-bond acceptors (Lipinski definition) is 4. The molecule has 0 atom stereocenters. The molecule has 4 aromatic rings. The molecule has 2 aromatic carbocycles. The standard InChI is InChI=1S/C23H19ClN4O2/c1-13-4-10-18(11-5-13)28-22-20(14(2)27-28)21(24)19(12-25-22)23(30)26-17-8-6-16(7-9-17)15(3)29/h4-12H,1-3H3,(H,26,30). The van der Waals surface area contributed by atoms with Gasteiger partial charge < -0.3 is 5.32 Å². The molecule has 0 spiro atoms. The molecule has 0 saturated carbocycles. The van der Waals surface area contributed by atoms with E-state index in [0.29, 0.717) is 33.0 Å². The number of amides is 1. The normalized spacial score (nSPS) is 10.9. The molecule has 30 heavy (non-hydrogen) atoms. The van der Waals surface area contributed by atoms with Crippen molar-refractivity contribution in [2.45, 2.75) is 20.8 Å². The zero-order valence-electron chi connectivity index (χ0n) is 16.7. The highest BCUT2D eigenvalue weighted by atomic mass is 35.5. The summed E-state index contributed by atoms with van der Waals surface area (Å²) in [5.74, 6) is -0.418. The van der Waals surface area contributed by atoms with E-state index in [-0.39, 0.29) is 17.3 Å². The molecule has 0 aliphatic heterocycles. The Bertz CT molecular complexity index is 1280. The number of nitrogens with zero attached hydrogens (tertiary/aromatic N) is 3. The maximum absolute atomic E-state index is 12.8. The Morgan fingerprint density at radius 3 is 2.30 bits per heavy atom. The molecule has 2 aromatic heterocycles. The number of aromatic nitrogens is 3. The first kappa shape index (κ1) is 19.8. The third-order valence-corrected chi connectivity index (χ3v) is 5.27. The lowest BCUT2D eigenvalue weighted by molar-refractivity contribution is 0.101. The van der Waals surface area contributed by atoms with E-state index in [0.717, 1.165) is 11.3 Å². The van der Waals surface area contributed by atoms with E-state index in [2.05, 4.69) is 15.4 Å². The number of Topliss-reactive ketones (excluding diaryl/α,β-unsaturated/α-hetero) is 1. The van der Waals surface area contributed by atoms with E-state index >= 15 is 0 Å². The summed E-state index contributed by atoms with van der Waals surface area (Å²) in [6, 6.07) is 14.6. The molecule has 1 amide bonds. The number of aryl methyl sites for hydroxylation is 2. The molecule has 0 aliphatic carbocycles. The van der Waals surface area contributed by atoms with Crippen LogP contribution in [0.2, 0.25) is 5.02 Å². The summed E-state index contributed by atoms with van der Waals surface area (Å²) >= 11 is 6.60. The number of halogens is 1. The summed E-state index contributed by atoms with van der Waals surface area (Å²) in [4.78, 5) is 28.7. The number of pyridine rings is 1. The van der Waals surface area contributed by atoms with Gasteiger partial charge in [-0.1, -0.05) is 29.3 Å². The quantitative estimate of drug-likeness (QED) is 0.465. The fourth-order valence-corrected chi connectivity index (χ4v) is 3.58. The van der Waals surface area contributed by atoms with E-state index in [1.54, 1.807) is 28.9 Å². The van der Waals surface area contributed by atoms with Gasteiger partial charge in [-0.05, 0) is 57.2 Å². The molecular weight excluding hydrogens is 400 g/mol. The number of ketones is 1. The summed E-state index contributed by atoms with van der Waals surface area (Å²) < 4.78 is 1.72. The van der Waals surface area contributed by atoms with Crippen LogP contribution >= 0.6 is 11.6 Å². The lowest BCUT2D eigenvalue weighted by Gasteiger charge is -2.08.